The zero-order valence-corrected chi connectivity index (χ0v) is 18.1. The van der Waals surface area contributed by atoms with Crippen LogP contribution in [0.15, 0.2) is 29.3 Å². The average Bonchev–Trinajstić information content (AvgIpc) is 2.51. The molecule has 1 unspecified atom stereocenters. The molecule has 0 aliphatic carbocycles. The lowest BCUT2D eigenvalue weighted by atomic mass is 10.3. The van der Waals surface area contributed by atoms with Crippen molar-refractivity contribution < 1.29 is 4.74 Å². The van der Waals surface area contributed by atoms with E-state index in [0.29, 0.717) is 11.6 Å². The topological polar surface area (TPSA) is 48.9 Å². The van der Waals surface area contributed by atoms with Gasteiger partial charge in [-0.1, -0.05) is 11.6 Å². The van der Waals surface area contributed by atoms with E-state index in [0.717, 1.165) is 37.8 Å². The van der Waals surface area contributed by atoms with Gasteiger partial charge in [0, 0.05) is 18.1 Å². The molecule has 0 aliphatic heterocycles. The van der Waals surface area contributed by atoms with Crippen molar-refractivity contribution in [3.05, 3.63) is 29.3 Å². The Morgan fingerprint density at radius 3 is 2.50 bits per heavy atom. The van der Waals surface area contributed by atoms with Crippen molar-refractivity contribution in [2.75, 3.05) is 40.3 Å². The second-order valence-electron chi connectivity index (χ2n) is 5.69. The van der Waals surface area contributed by atoms with Crippen LogP contribution in [0, 0.1) is 0 Å². The van der Waals surface area contributed by atoms with Crippen LogP contribution < -0.4 is 15.4 Å². The van der Waals surface area contributed by atoms with E-state index in [4.69, 9.17) is 16.3 Å². The molecule has 2 N–H and O–H groups in total. The van der Waals surface area contributed by atoms with Crippen LogP contribution in [0.3, 0.4) is 0 Å². The van der Waals surface area contributed by atoms with Crippen molar-refractivity contribution in [2.45, 2.75) is 26.4 Å². The van der Waals surface area contributed by atoms with Crippen LogP contribution in [0.25, 0.3) is 0 Å². The smallest absolute Gasteiger partial charge is 0.191 e. The molecule has 1 aromatic rings. The molecule has 0 aromatic heterocycles. The van der Waals surface area contributed by atoms with Gasteiger partial charge in [-0.25, -0.2) is 4.99 Å². The van der Waals surface area contributed by atoms with Gasteiger partial charge in [-0.2, -0.15) is 0 Å². The van der Waals surface area contributed by atoms with E-state index in [1.807, 2.05) is 31.2 Å². The van der Waals surface area contributed by atoms with Gasteiger partial charge in [0.15, 0.2) is 5.96 Å². The average molecular weight is 469 g/mol. The number of halogens is 2. The number of guanidine groups is 1. The van der Waals surface area contributed by atoms with Crippen LogP contribution in [0.5, 0.6) is 5.75 Å². The standard InChI is InChI=1S/C17H29ClN4O.HI/c1-5-19-17(20-11-6-12-22(3)4)21-13-14(2)23-16-9-7-15(18)8-10-16;/h7-10,14H,5-6,11-13H2,1-4H3,(H2,19,20,21);1H. The third-order valence-corrected chi connectivity index (χ3v) is 3.33. The van der Waals surface area contributed by atoms with Crippen LogP contribution in [0.2, 0.25) is 5.02 Å². The molecule has 0 fully saturated rings. The van der Waals surface area contributed by atoms with Gasteiger partial charge in [0.2, 0.25) is 0 Å². The Bertz CT molecular complexity index is 468. The molecule has 1 atom stereocenters. The summed E-state index contributed by atoms with van der Waals surface area (Å²) in [4.78, 5) is 6.75. The summed E-state index contributed by atoms with van der Waals surface area (Å²) in [6.45, 7) is 7.45. The Hall–Kier alpha value is -0.730. The Kier molecular flexibility index (Phi) is 13.1. The molecule has 0 aliphatic rings. The van der Waals surface area contributed by atoms with E-state index in [1.54, 1.807) is 0 Å². The van der Waals surface area contributed by atoms with Gasteiger partial charge < -0.3 is 20.3 Å². The van der Waals surface area contributed by atoms with E-state index >= 15 is 0 Å². The molecule has 1 rings (SSSR count). The number of benzene rings is 1. The van der Waals surface area contributed by atoms with Crippen LogP contribution in [0.1, 0.15) is 20.3 Å². The number of hydrogen-bond donors (Lipinski definition) is 2. The monoisotopic (exact) mass is 468 g/mol. The molecule has 0 spiro atoms. The van der Waals surface area contributed by atoms with Crippen LogP contribution in [-0.4, -0.2) is 57.2 Å². The summed E-state index contributed by atoms with van der Waals surface area (Å²) in [6, 6.07) is 7.38. The molecule has 0 amide bonds. The van der Waals surface area contributed by atoms with E-state index in [-0.39, 0.29) is 30.1 Å². The second-order valence-corrected chi connectivity index (χ2v) is 6.12. The summed E-state index contributed by atoms with van der Waals surface area (Å²) < 4.78 is 5.83. The van der Waals surface area contributed by atoms with Gasteiger partial charge in [0.05, 0.1) is 6.54 Å². The van der Waals surface area contributed by atoms with Crippen molar-refractivity contribution in [3.8, 4) is 5.75 Å². The minimum Gasteiger partial charge on any atom is -0.489 e. The van der Waals surface area contributed by atoms with Gasteiger partial charge in [-0.3, -0.25) is 0 Å². The lowest BCUT2D eigenvalue weighted by Crippen LogP contribution is -2.39. The van der Waals surface area contributed by atoms with E-state index in [1.165, 1.54) is 0 Å². The van der Waals surface area contributed by atoms with Crippen LogP contribution in [-0.2, 0) is 0 Å². The molecule has 5 nitrogen and oxygen atoms in total. The lowest BCUT2D eigenvalue weighted by Gasteiger charge is -2.16. The lowest BCUT2D eigenvalue weighted by molar-refractivity contribution is 0.230. The highest BCUT2D eigenvalue weighted by Crippen LogP contribution is 2.16. The molecule has 1 aromatic carbocycles. The number of hydrogen-bond acceptors (Lipinski definition) is 3. The molecule has 0 heterocycles. The highest BCUT2D eigenvalue weighted by atomic mass is 127. The fraction of sp³-hybridized carbons (Fsp3) is 0.588. The summed E-state index contributed by atoms with van der Waals surface area (Å²) in [6.07, 6.45) is 1.07. The molecule has 0 saturated heterocycles. The van der Waals surface area contributed by atoms with Crippen molar-refractivity contribution in [1.29, 1.82) is 0 Å². The Balaban J connectivity index is 0.00000529. The first-order chi connectivity index (χ1) is 11.0. The molecule has 24 heavy (non-hydrogen) atoms. The summed E-state index contributed by atoms with van der Waals surface area (Å²) in [5, 5.41) is 7.30. The highest BCUT2D eigenvalue weighted by molar-refractivity contribution is 14.0. The largest absolute Gasteiger partial charge is 0.489 e. The van der Waals surface area contributed by atoms with Gasteiger partial charge >= 0.3 is 0 Å². The third kappa shape index (κ3) is 10.9. The number of ether oxygens (including phenoxy) is 1. The van der Waals surface area contributed by atoms with Gasteiger partial charge in [0.1, 0.15) is 11.9 Å². The van der Waals surface area contributed by atoms with Gasteiger partial charge in [-0.15, -0.1) is 24.0 Å². The predicted molar refractivity (Wildman–Crippen MR) is 114 cm³/mol. The van der Waals surface area contributed by atoms with Crippen molar-refractivity contribution in [3.63, 3.8) is 0 Å². The zero-order chi connectivity index (χ0) is 17.1. The minimum absolute atomic E-state index is 0. The molecule has 0 saturated carbocycles. The number of nitrogens with one attached hydrogen (secondary N) is 2. The SMILES string of the molecule is CCNC(=NCC(C)Oc1ccc(Cl)cc1)NCCCN(C)C.I. The summed E-state index contributed by atoms with van der Waals surface area (Å²) in [5.74, 6) is 1.64. The second kappa shape index (κ2) is 13.5. The third-order valence-electron chi connectivity index (χ3n) is 3.08. The van der Waals surface area contributed by atoms with Gasteiger partial charge in [-0.05, 0) is 65.2 Å². The summed E-state index contributed by atoms with van der Waals surface area (Å²) in [5.41, 5.74) is 0. The first kappa shape index (κ1) is 23.3. The molecular formula is C17H30ClIN4O. The van der Waals surface area contributed by atoms with Crippen molar-refractivity contribution in [1.82, 2.24) is 15.5 Å². The Labute approximate surface area is 168 Å². The highest BCUT2D eigenvalue weighted by Gasteiger charge is 2.04. The van der Waals surface area contributed by atoms with E-state index in [9.17, 15) is 0 Å². The molecular weight excluding hydrogens is 439 g/mol. The Morgan fingerprint density at radius 1 is 1.25 bits per heavy atom. The fourth-order valence-corrected chi connectivity index (χ4v) is 2.07. The first-order valence-electron chi connectivity index (χ1n) is 8.10. The quantitative estimate of drug-likeness (QED) is 0.253. The van der Waals surface area contributed by atoms with Gasteiger partial charge in [0.25, 0.3) is 0 Å². The van der Waals surface area contributed by atoms with Crippen molar-refractivity contribution in [2.24, 2.45) is 4.99 Å². The maximum atomic E-state index is 5.87. The molecule has 0 bridgehead atoms. The van der Waals surface area contributed by atoms with E-state index < -0.39 is 0 Å². The van der Waals surface area contributed by atoms with Crippen LogP contribution >= 0.6 is 35.6 Å². The Morgan fingerprint density at radius 2 is 1.92 bits per heavy atom. The first-order valence-corrected chi connectivity index (χ1v) is 8.48. The molecule has 0 radical (unpaired) electrons. The summed E-state index contributed by atoms with van der Waals surface area (Å²) in [7, 11) is 4.16. The van der Waals surface area contributed by atoms with E-state index in [2.05, 4.69) is 41.5 Å². The van der Waals surface area contributed by atoms with Crippen LogP contribution in [0.4, 0.5) is 0 Å². The maximum Gasteiger partial charge on any atom is 0.191 e. The maximum absolute atomic E-state index is 5.87. The summed E-state index contributed by atoms with van der Waals surface area (Å²) >= 11 is 5.87. The fourth-order valence-electron chi connectivity index (χ4n) is 1.95. The normalized spacial score (nSPS) is 12.5. The zero-order valence-electron chi connectivity index (χ0n) is 15.0. The van der Waals surface area contributed by atoms with Crippen molar-refractivity contribution >= 4 is 41.5 Å². The molecule has 138 valence electrons. The number of aliphatic imine (C=N–C) groups is 1. The predicted octanol–water partition coefficient (Wildman–Crippen LogP) is 3.23. The number of nitrogens with zero attached hydrogens (tertiary/aromatic N) is 2. The number of rotatable bonds is 9. The molecule has 7 heteroatoms. The minimum atomic E-state index is -0.00610.